The second-order valence-corrected chi connectivity index (χ2v) is 9.46. The average Bonchev–Trinajstić information content (AvgIpc) is 2.88. The molecule has 0 aliphatic carbocycles. The third kappa shape index (κ3) is 5.39. The van der Waals surface area contributed by atoms with Crippen LogP contribution in [-0.4, -0.2) is 88.3 Å². The fourth-order valence-electron chi connectivity index (χ4n) is 4.70. The highest BCUT2D eigenvalue weighted by atomic mass is 16.5. The zero-order valence-electron chi connectivity index (χ0n) is 21.7. The molecule has 0 unspecified atom stereocenters. The second-order valence-electron chi connectivity index (χ2n) is 9.46. The van der Waals surface area contributed by atoms with Gasteiger partial charge in [0.1, 0.15) is 17.6 Å². The lowest BCUT2D eigenvalue weighted by atomic mass is 10.0. The van der Waals surface area contributed by atoms with Gasteiger partial charge in [0.15, 0.2) is 5.82 Å². The molecule has 2 aliphatic heterocycles. The Labute approximate surface area is 212 Å². The molecule has 10 heteroatoms. The van der Waals surface area contributed by atoms with Crippen LogP contribution in [-0.2, 0) is 9.53 Å². The van der Waals surface area contributed by atoms with Crippen molar-refractivity contribution in [1.82, 2.24) is 15.2 Å². The molecule has 0 spiro atoms. The molecule has 2 amide bonds. The van der Waals surface area contributed by atoms with Gasteiger partial charge in [-0.3, -0.25) is 9.59 Å². The lowest BCUT2D eigenvalue weighted by Gasteiger charge is -2.44. The van der Waals surface area contributed by atoms with Crippen LogP contribution in [0.5, 0.6) is 5.75 Å². The first-order chi connectivity index (χ1) is 17.3. The lowest BCUT2D eigenvalue weighted by molar-refractivity contribution is -0.119. The zero-order chi connectivity index (χ0) is 25.8. The predicted molar refractivity (Wildman–Crippen MR) is 141 cm³/mol. The molecule has 2 aliphatic rings. The van der Waals surface area contributed by atoms with Gasteiger partial charge >= 0.3 is 0 Å². The average molecular weight is 497 g/mol. The lowest BCUT2D eigenvalue weighted by Crippen LogP contribution is -2.56. The van der Waals surface area contributed by atoms with Gasteiger partial charge in [-0.25, -0.2) is 4.98 Å². The van der Waals surface area contributed by atoms with Crippen molar-refractivity contribution in [2.45, 2.75) is 31.8 Å². The minimum atomic E-state index is -0.322. The van der Waals surface area contributed by atoms with E-state index in [-0.39, 0.29) is 23.9 Å². The van der Waals surface area contributed by atoms with E-state index in [2.05, 4.69) is 15.5 Å². The van der Waals surface area contributed by atoms with Crippen molar-refractivity contribution >= 4 is 34.8 Å². The van der Waals surface area contributed by atoms with E-state index in [1.165, 1.54) is 0 Å². The number of fused-ring (bicyclic) bond motifs is 1. The van der Waals surface area contributed by atoms with Crippen molar-refractivity contribution in [3.63, 3.8) is 0 Å². The molecule has 10 nitrogen and oxygen atoms in total. The molecule has 4 rings (SSSR count). The Kier molecular flexibility index (Phi) is 7.95. The highest BCUT2D eigenvalue weighted by molar-refractivity contribution is 6.04. The number of pyridine rings is 1. The van der Waals surface area contributed by atoms with E-state index in [0.717, 1.165) is 30.9 Å². The molecule has 1 aromatic carbocycles. The number of amides is 2. The van der Waals surface area contributed by atoms with Crippen molar-refractivity contribution in [2.75, 3.05) is 69.7 Å². The van der Waals surface area contributed by atoms with Crippen molar-refractivity contribution in [3.05, 3.63) is 35.9 Å². The molecule has 2 N–H and O–H groups in total. The summed E-state index contributed by atoms with van der Waals surface area (Å²) >= 11 is 0. The fraction of sp³-hybridized carbons (Fsp3) is 0.500. The van der Waals surface area contributed by atoms with Crippen LogP contribution in [0.25, 0.3) is 0 Å². The number of hydrogen-bond acceptors (Lipinski definition) is 8. The van der Waals surface area contributed by atoms with Gasteiger partial charge < -0.3 is 34.8 Å². The summed E-state index contributed by atoms with van der Waals surface area (Å²) in [6.45, 7) is 4.59. The number of likely N-dealkylation sites (N-methyl/N-ethyl adjacent to an activating group) is 2. The number of benzene rings is 1. The molecule has 3 heterocycles. The Morgan fingerprint density at radius 1 is 1.22 bits per heavy atom. The summed E-state index contributed by atoms with van der Waals surface area (Å²) in [6, 6.07) is 8.87. The summed E-state index contributed by atoms with van der Waals surface area (Å²) in [5.74, 6) is 1.86. The van der Waals surface area contributed by atoms with Crippen LogP contribution in [0.2, 0.25) is 0 Å². The first-order valence-electron chi connectivity index (χ1n) is 12.3. The maximum absolute atomic E-state index is 13.0. The van der Waals surface area contributed by atoms with Crippen LogP contribution < -0.4 is 25.2 Å². The molecule has 1 aromatic heterocycles. The van der Waals surface area contributed by atoms with E-state index in [4.69, 9.17) is 14.5 Å². The van der Waals surface area contributed by atoms with Gasteiger partial charge in [0.2, 0.25) is 5.91 Å². The van der Waals surface area contributed by atoms with E-state index in [1.54, 1.807) is 37.3 Å². The summed E-state index contributed by atoms with van der Waals surface area (Å²) in [7, 11) is 7.30. The SMILES string of the molecule is COc1ccc(C(=O)NCCN(C)C)cc1Nc1ccc2c(n1)N(C1CCOCC1)[C@H](C)C(=O)N2C. The van der Waals surface area contributed by atoms with Crippen molar-refractivity contribution in [3.8, 4) is 5.75 Å². The molecule has 0 radical (unpaired) electrons. The molecule has 2 aromatic rings. The van der Waals surface area contributed by atoms with Gasteiger partial charge in [-0.2, -0.15) is 0 Å². The normalized spacial score (nSPS) is 18.3. The summed E-state index contributed by atoms with van der Waals surface area (Å²) in [6.07, 6.45) is 1.69. The van der Waals surface area contributed by atoms with Gasteiger partial charge in [0.25, 0.3) is 5.91 Å². The molecule has 194 valence electrons. The first kappa shape index (κ1) is 25.7. The molecular formula is C26H36N6O4. The second kappa shape index (κ2) is 11.1. The number of carbonyl (C=O) groups is 2. The number of rotatable bonds is 8. The maximum Gasteiger partial charge on any atom is 0.251 e. The molecule has 1 atom stereocenters. The Hall–Kier alpha value is -3.37. The fourth-order valence-corrected chi connectivity index (χ4v) is 4.70. The van der Waals surface area contributed by atoms with Crippen molar-refractivity contribution in [1.29, 1.82) is 0 Å². The predicted octanol–water partition coefficient (Wildman–Crippen LogP) is 2.48. The quantitative estimate of drug-likeness (QED) is 0.575. The summed E-state index contributed by atoms with van der Waals surface area (Å²) in [4.78, 5) is 36.4. The Morgan fingerprint density at radius 2 is 1.97 bits per heavy atom. The number of anilines is 4. The summed E-state index contributed by atoms with van der Waals surface area (Å²) in [5, 5.41) is 6.26. The van der Waals surface area contributed by atoms with Gasteiger partial charge in [-0.1, -0.05) is 0 Å². The standard InChI is InChI=1S/C26H36N6O4/c1-17-26(34)31(4)21-7-9-23(29-24(21)32(17)19-10-14-36-15-11-19)28-20-16-18(6-8-22(20)35-5)25(33)27-12-13-30(2)3/h6-9,16-17,19H,10-15H2,1-5H3,(H,27,33)(H,28,29)/t17-/m1/s1. The monoisotopic (exact) mass is 496 g/mol. The number of carbonyl (C=O) groups excluding carboxylic acids is 2. The minimum absolute atomic E-state index is 0.0474. The van der Waals surface area contributed by atoms with E-state index < -0.39 is 0 Å². The molecule has 36 heavy (non-hydrogen) atoms. The number of methoxy groups -OCH3 is 1. The highest BCUT2D eigenvalue weighted by Crippen LogP contribution is 2.39. The molecular weight excluding hydrogens is 460 g/mol. The number of nitrogens with one attached hydrogen (secondary N) is 2. The van der Waals surface area contributed by atoms with Crippen LogP contribution in [0, 0.1) is 0 Å². The number of aromatic nitrogens is 1. The van der Waals surface area contributed by atoms with E-state index >= 15 is 0 Å². The zero-order valence-corrected chi connectivity index (χ0v) is 21.7. The third-order valence-electron chi connectivity index (χ3n) is 6.72. The van der Waals surface area contributed by atoms with Gasteiger partial charge in [-0.05, 0) is 64.2 Å². The van der Waals surface area contributed by atoms with E-state index in [1.807, 2.05) is 38.1 Å². The summed E-state index contributed by atoms with van der Waals surface area (Å²) < 4.78 is 11.1. The Morgan fingerprint density at radius 3 is 2.67 bits per heavy atom. The number of nitrogens with zero attached hydrogens (tertiary/aromatic N) is 4. The van der Waals surface area contributed by atoms with Gasteiger partial charge in [0, 0.05) is 45.0 Å². The smallest absolute Gasteiger partial charge is 0.251 e. The van der Waals surface area contributed by atoms with Gasteiger partial charge in [-0.15, -0.1) is 0 Å². The molecule has 0 bridgehead atoms. The Balaban J connectivity index is 1.62. The van der Waals surface area contributed by atoms with E-state index in [9.17, 15) is 9.59 Å². The molecule has 0 saturated carbocycles. The largest absolute Gasteiger partial charge is 0.495 e. The van der Waals surface area contributed by atoms with E-state index in [0.29, 0.717) is 42.6 Å². The third-order valence-corrected chi connectivity index (χ3v) is 6.72. The maximum atomic E-state index is 13.0. The highest BCUT2D eigenvalue weighted by Gasteiger charge is 2.39. The molecule has 1 fully saturated rings. The Bertz CT molecular complexity index is 1100. The van der Waals surface area contributed by atoms with Crippen LogP contribution in [0.1, 0.15) is 30.1 Å². The van der Waals surface area contributed by atoms with Crippen LogP contribution in [0.15, 0.2) is 30.3 Å². The topological polar surface area (TPSA) is 99.3 Å². The summed E-state index contributed by atoms with van der Waals surface area (Å²) in [5.41, 5.74) is 1.94. The van der Waals surface area contributed by atoms with Crippen LogP contribution in [0.3, 0.4) is 0 Å². The number of ether oxygens (including phenoxy) is 2. The van der Waals surface area contributed by atoms with Crippen molar-refractivity contribution < 1.29 is 19.1 Å². The van der Waals surface area contributed by atoms with Crippen LogP contribution in [0.4, 0.5) is 23.0 Å². The number of hydrogen-bond donors (Lipinski definition) is 2. The van der Waals surface area contributed by atoms with Crippen LogP contribution >= 0.6 is 0 Å². The van der Waals surface area contributed by atoms with Crippen molar-refractivity contribution in [2.24, 2.45) is 0 Å². The van der Waals surface area contributed by atoms with Gasteiger partial charge in [0.05, 0.1) is 18.5 Å². The minimum Gasteiger partial charge on any atom is -0.495 e. The first-order valence-corrected chi connectivity index (χ1v) is 12.3. The molecule has 1 saturated heterocycles.